The molecule has 0 fully saturated rings. The molecule has 26 heavy (non-hydrogen) atoms. The summed E-state index contributed by atoms with van der Waals surface area (Å²) in [5.41, 5.74) is 2.12. The fourth-order valence-corrected chi connectivity index (χ4v) is 3.58. The zero-order valence-corrected chi connectivity index (χ0v) is 15.7. The summed E-state index contributed by atoms with van der Waals surface area (Å²) in [6, 6.07) is 3.61. The van der Waals surface area contributed by atoms with Gasteiger partial charge in [0.2, 0.25) is 0 Å². The van der Waals surface area contributed by atoms with E-state index in [0.717, 1.165) is 25.0 Å². The maximum atomic E-state index is 13.1. The van der Waals surface area contributed by atoms with Gasteiger partial charge in [-0.15, -0.1) is 0 Å². The van der Waals surface area contributed by atoms with Crippen molar-refractivity contribution in [3.8, 4) is 0 Å². The number of ether oxygens (including phenoxy) is 1. The maximum Gasteiger partial charge on any atom is 0.303 e. The number of rotatable bonds is 6. The van der Waals surface area contributed by atoms with Crippen LogP contribution in [-0.2, 0) is 47.3 Å². The molecular weight excluding hydrogens is 334 g/mol. The van der Waals surface area contributed by atoms with Crippen molar-refractivity contribution in [3.05, 3.63) is 41.1 Å². The molecule has 0 saturated carbocycles. The minimum absolute atomic E-state index is 0.276. The summed E-state index contributed by atoms with van der Waals surface area (Å²) in [5, 5.41) is 4.61. The SMILES string of the molecule is CC(=O)OC(C)(C)C(=O)N(Cc1ccco1)Cc1nn(C)c2c1CCC2. The van der Waals surface area contributed by atoms with Crippen molar-refractivity contribution >= 4 is 11.9 Å². The first kappa shape index (κ1) is 18.2. The van der Waals surface area contributed by atoms with Crippen LogP contribution in [0.2, 0.25) is 0 Å². The van der Waals surface area contributed by atoms with Gasteiger partial charge in [-0.3, -0.25) is 14.3 Å². The number of hydrogen-bond acceptors (Lipinski definition) is 5. The van der Waals surface area contributed by atoms with Crippen LogP contribution in [0.1, 0.15) is 49.9 Å². The normalized spacial score (nSPS) is 13.5. The summed E-state index contributed by atoms with van der Waals surface area (Å²) >= 11 is 0. The molecule has 0 spiro atoms. The smallest absolute Gasteiger partial charge is 0.303 e. The predicted octanol–water partition coefficient (Wildman–Crippen LogP) is 2.37. The average Bonchev–Trinajstić information content (AvgIpc) is 3.26. The summed E-state index contributed by atoms with van der Waals surface area (Å²) in [4.78, 5) is 26.1. The van der Waals surface area contributed by atoms with Crippen molar-refractivity contribution in [3.63, 3.8) is 0 Å². The van der Waals surface area contributed by atoms with Crippen LogP contribution in [0.15, 0.2) is 22.8 Å². The lowest BCUT2D eigenvalue weighted by Crippen LogP contribution is -2.47. The molecule has 2 aromatic heterocycles. The molecule has 0 atom stereocenters. The minimum Gasteiger partial charge on any atom is -0.467 e. The third-order valence-corrected chi connectivity index (χ3v) is 4.67. The molecule has 0 radical (unpaired) electrons. The van der Waals surface area contributed by atoms with Crippen LogP contribution in [0.4, 0.5) is 0 Å². The number of nitrogens with zero attached hydrogens (tertiary/aromatic N) is 3. The van der Waals surface area contributed by atoms with E-state index in [1.807, 2.05) is 17.8 Å². The third kappa shape index (κ3) is 3.66. The van der Waals surface area contributed by atoms with Gasteiger partial charge >= 0.3 is 5.97 Å². The number of aryl methyl sites for hydroxylation is 1. The summed E-state index contributed by atoms with van der Waals surface area (Å²) in [6.07, 6.45) is 4.69. The highest BCUT2D eigenvalue weighted by molar-refractivity contribution is 5.86. The number of amides is 1. The van der Waals surface area contributed by atoms with Crippen LogP contribution >= 0.6 is 0 Å². The fourth-order valence-electron chi connectivity index (χ4n) is 3.58. The summed E-state index contributed by atoms with van der Waals surface area (Å²) in [7, 11) is 1.94. The van der Waals surface area contributed by atoms with Crippen molar-refractivity contribution in [1.82, 2.24) is 14.7 Å². The highest BCUT2D eigenvalue weighted by Crippen LogP contribution is 2.27. The summed E-state index contributed by atoms with van der Waals surface area (Å²) in [6.45, 7) is 5.16. The van der Waals surface area contributed by atoms with Gasteiger partial charge in [0.15, 0.2) is 5.60 Å². The van der Waals surface area contributed by atoms with E-state index in [2.05, 4.69) is 5.10 Å². The Morgan fingerprint density at radius 3 is 2.77 bits per heavy atom. The van der Waals surface area contributed by atoms with Crippen LogP contribution < -0.4 is 0 Å². The number of carbonyl (C=O) groups is 2. The molecular formula is C19H25N3O4. The van der Waals surface area contributed by atoms with Crippen LogP contribution in [0.3, 0.4) is 0 Å². The topological polar surface area (TPSA) is 77.6 Å². The Balaban J connectivity index is 1.87. The van der Waals surface area contributed by atoms with Gasteiger partial charge in [-0.1, -0.05) is 0 Å². The molecule has 0 unspecified atom stereocenters. The lowest BCUT2D eigenvalue weighted by Gasteiger charge is -2.30. The molecule has 140 valence electrons. The molecule has 0 aliphatic heterocycles. The zero-order valence-electron chi connectivity index (χ0n) is 15.7. The molecule has 2 aromatic rings. The molecule has 0 aromatic carbocycles. The summed E-state index contributed by atoms with van der Waals surface area (Å²) < 4.78 is 12.6. The Morgan fingerprint density at radius 2 is 2.12 bits per heavy atom. The third-order valence-electron chi connectivity index (χ3n) is 4.67. The molecule has 7 heteroatoms. The highest BCUT2D eigenvalue weighted by Gasteiger charge is 2.36. The Hall–Kier alpha value is -2.57. The number of hydrogen-bond donors (Lipinski definition) is 0. The maximum absolute atomic E-state index is 13.1. The van der Waals surface area contributed by atoms with Crippen LogP contribution in [0, 0.1) is 0 Å². The molecule has 0 N–H and O–H groups in total. The largest absolute Gasteiger partial charge is 0.467 e. The lowest BCUT2D eigenvalue weighted by molar-refractivity contribution is -0.169. The summed E-state index contributed by atoms with van der Waals surface area (Å²) in [5.74, 6) is -0.0916. The van der Waals surface area contributed by atoms with Gasteiger partial charge in [0.25, 0.3) is 5.91 Å². The van der Waals surface area contributed by atoms with E-state index < -0.39 is 11.6 Å². The van der Waals surface area contributed by atoms with Crippen molar-refractivity contribution in [2.24, 2.45) is 7.05 Å². The van der Waals surface area contributed by atoms with E-state index in [1.54, 1.807) is 31.1 Å². The van der Waals surface area contributed by atoms with Gasteiger partial charge in [-0.05, 0) is 50.8 Å². The van der Waals surface area contributed by atoms with Crippen LogP contribution in [0.25, 0.3) is 0 Å². The zero-order chi connectivity index (χ0) is 18.9. The quantitative estimate of drug-likeness (QED) is 0.740. The molecule has 2 heterocycles. The second-order valence-corrected chi connectivity index (χ2v) is 7.19. The monoisotopic (exact) mass is 359 g/mol. The number of aromatic nitrogens is 2. The highest BCUT2D eigenvalue weighted by atomic mass is 16.6. The average molecular weight is 359 g/mol. The first-order valence-corrected chi connectivity index (χ1v) is 8.83. The van der Waals surface area contributed by atoms with Crippen molar-refractivity contribution in [2.45, 2.75) is 58.7 Å². The Labute approximate surface area is 152 Å². The second kappa shape index (κ2) is 6.97. The van der Waals surface area contributed by atoms with E-state index in [-0.39, 0.29) is 5.91 Å². The molecule has 0 bridgehead atoms. The molecule has 0 saturated heterocycles. The number of fused-ring (bicyclic) bond motifs is 1. The van der Waals surface area contributed by atoms with Gasteiger partial charge < -0.3 is 14.1 Å². The second-order valence-electron chi connectivity index (χ2n) is 7.19. The van der Waals surface area contributed by atoms with E-state index in [1.165, 1.54) is 18.2 Å². The Bertz CT molecular complexity index is 805. The number of furan rings is 1. The molecule has 1 amide bonds. The van der Waals surface area contributed by atoms with Gasteiger partial charge in [-0.25, -0.2) is 0 Å². The van der Waals surface area contributed by atoms with Crippen LogP contribution in [0.5, 0.6) is 0 Å². The predicted molar refractivity (Wildman–Crippen MR) is 94.0 cm³/mol. The first-order valence-electron chi connectivity index (χ1n) is 8.83. The molecule has 1 aliphatic carbocycles. The Morgan fingerprint density at radius 1 is 1.35 bits per heavy atom. The first-order chi connectivity index (χ1) is 12.3. The van der Waals surface area contributed by atoms with Crippen LogP contribution in [-0.4, -0.2) is 32.2 Å². The van der Waals surface area contributed by atoms with Crippen molar-refractivity contribution < 1.29 is 18.7 Å². The molecule has 7 nitrogen and oxygen atoms in total. The molecule has 3 rings (SSSR count). The van der Waals surface area contributed by atoms with Gasteiger partial charge in [0, 0.05) is 19.7 Å². The number of carbonyl (C=O) groups excluding carboxylic acids is 2. The standard InChI is InChI=1S/C19H25N3O4/c1-13(23)26-19(2,3)18(24)22(11-14-7-6-10-25-14)12-16-15-8-5-9-17(15)21(4)20-16/h6-7,10H,5,8-9,11-12H2,1-4H3. The van der Waals surface area contributed by atoms with E-state index in [4.69, 9.17) is 9.15 Å². The minimum atomic E-state index is -1.25. The van der Waals surface area contributed by atoms with Gasteiger partial charge in [0.05, 0.1) is 25.0 Å². The lowest BCUT2D eigenvalue weighted by atomic mass is 10.1. The van der Waals surface area contributed by atoms with Gasteiger partial charge in [0.1, 0.15) is 5.76 Å². The van der Waals surface area contributed by atoms with Crippen molar-refractivity contribution in [2.75, 3.05) is 0 Å². The van der Waals surface area contributed by atoms with E-state index in [9.17, 15) is 9.59 Å². The van der Waals surface area contributed by atoms with Crippen molar-refractivity contribution in [1.29, 1.82) is 0 Å². The fraction of sp³-hybridized carbons (Fsp3) is 0.526. The Kier molecular flexibility index (Phi) is 4.89. The molecule has 1 aliphatic rings. The van der Waals surface area contributed by atoms with E-state index >= 15 is 0 Å². The number of esters is 1. The van der Waals surface area contributed by atoms with E-state index in [0.29, 0.717) is 18.8 Å². The van der Waals surface area contributed by atoms with Gasteiger partial charge in [-0.2, -0.15) is 5.10 Å².